The lowest BCUT2D eigenvalue weighted by molar-refractivity contribution is 0.930. The molecule has 5 heteroatoms. The number of hydrogen-bond acceptors (Lipinski definition) is 5. The van der Waals surface area contributed by atoms with Gasteiger partial charge in [0.25, 0.3) is 0 Å². The molecule has 1 aromatic heterocycles. The van der Waals surface area contributed by atoms with Gasteiger partial charge in [0.15, 0.2) is 0 Å². The molecule has 3 rings (SSSR count). The first-order valence-corrected chi connectivity index (χ1v) is 7.77. The summed E-state index contributed by atoms with van der Waals surface area (Å²) < 4.78 is 0. The van der Waals surface area contributed by atoms with Crippen molar-refractivity contribution in [1.82, 2.24) is 9.97 Å². The average molecular weight is 286 g/mol. The Hall–Kier alpha value is -1.59. The third-order valence-corrected chi connectivity index (χ3v) is 4.56. The normalized spacial score (nSPS) is 14.3. The second-order valence-electron chi connectivity index (χ2n) is 5.07. The minimum absolute atomic E-state index is 0.604. The zero-order chi connectivity index (χ0) is 13.9. The Morgan fingerprint density at radius 2 is 2.10 bits per heavy atom. The topological polar surface area (TPSA) is 63.8 Å². The van der Waals surface area contributed by atoms with Crippen LogP contribution in [0.4, 0.5) is 5.82 Å². The van der Waals surface area contributed by atoms with Crippen LogP contribution in [0.5, 0.6) is 0 Å². The highest BCUT2D eigenvalue weighted by molar-refractivity contribution is 7.98. The SMILES string of the molecule is Cc1ccccc1SCc1nc(NN)cc(C2CC2)n1. The molecule has 1 heterocycles. The Kier molecular flexibility index (Phi) is 3.89. The summed E-state index contributed by atoms with van der Waals surface area (Å²) in [7, 11) is 0. The number of hydrazine groups is 1. The van der Waals surface area contributed by atoms with Crippen LogP contribution in [-0.4, -0.2) is 9.97 Å². The summed E-state index contributed by atoms with van der Waals surface area (Å²) in [5.74, 6) is 8.41. The highest BCUT2D eigenvalue weighted by atomic mass is 32.2. The highest BCUT2D eigenvalue weighted by Crippen LogP contribution is 2.39. The predicted molar refractivity (Wildman–Crippen MR) is 82.6 cm³/mol. The van der Waals surface area contributed by atoms with Crippen LogP contribution in [0.2, 0.25) is 0 Å². The van der Waals surface area contributed by atoms with Gasteiger partial charge in [-0.2, -0.15) is 0 Å². The number of nitrogen functional groups attached to an aromatic ring is 1. The lowest BCUT2D eigenvalue weighted by Crippen LogP contribution is -2.11. The van der Waals surface area contributed by atoms with Gasteiger partial charge in [0.1, 0.15) is 11.6 Å². The van der Waals surface area contributed by atoms with Crippen LogP contribution < -0.4 is 11.3 Å². The molecule has 104 valence electrons. The van der Waals surface area contributed by atoms with Gasteiger partial charge < -0.3 is 5.43 Å². The number of nitrogens with two attached hydrogens (primary N) is 1. The van der Waals surface area contributed by atoms with Crippen molar-refractivity contribution < 1.29 is 0 Å². The van der Waals surface area contributed by atoms with E-state index in [2.05, 4.69) is 46.6 Å². The van der Waals surface area contributed by atoms with E-state index in [9.17, 15) is 0 Å². The standard InChI is InChI=1S/C15H18N4S/c1-10-4-2-3-5-13(10)20-9-15-17-12(11-6-7-11)8-14(18-15)19-16/h2-5,8,11H,6-7,9,16H2,1H3,(H,17,18,19). The summed E-state index contributed by atoms with van der Waals surface area (Å²) in [4.78, 5) is 10.4. The van der Waals surface area contributed by atoms with E-state index in [0.29, 0.717) is 11.7 Å². The maximum absolute atomic E-state index is 5.49. The van der Waals surface area contributed by atoms with E-state index < -0.39 is 0 Å². The van der Waals surface area contributed by atoms with Gasteiger partial charge in [-0.25, -0.2) is 15.8 Å². The largest absolute Gasteiger partial charge is 0.308 e. The van der Waals surface area contributed by atoms with E-state index in [1.807, 2.05) is 6.07 Å². The summed E-state index contributed by atoms with van der Waals surface area (Å²) in [6, 6.07) is 10.3. The smallest absolute Gasteiger partial charge is 0.143 e. The first-order chi connectivity index (χ1) is 9.76. The summed E-state index contributed by atoms with van der Waals surface area (Å²) in [6.07, 6.45) is 2.46. The van der Waals surface area contributed by atoms with Crippen LogP contribution in [-0.2, 0) is 5.75 Å². The fraction of sp³-hybridized carbons (Fsp3) is 0.333. The Bertz CT molecular complexity index is 611. The number of anilines is 1. The minimum atomic E-state index is 0.604. The Morgan fingerprint density at radius 1 is 1.30 bits per heavy atom. The lowest BCUT2D eigenvalue weighted by atomic mass is 10.2. The molecule has 1 aliphatic rings. The average Bonchev–Trinajstić information content (AvgIpc) is 3.31. The van der Waals surface area contributed by atoms with Crippen LogP contribution in [0.3, 0.4) is 0 Å². The quantitative estimate of drug-likeness (QED) is 0.502. The Labute approximate surface area is 123 Å². The molecule has 0 saturated heterocycles. The van der Waals surface area contributed by atoms with Gasteiger partial charge >= 0.3 is 0 Å². The van der Waals surface area contributed by atoms with Gasteiger partial charge in [0.05, 0.1) is 5.75 Å². The molecule has 0 amide bonds. The zero-order valence-corrected chi connectivity index (χ0v) is 12.3. The molecule has 0 bridgehead atoms. The fourth-order valence-corrected chi connectivity index (χ4v) is 2.99. The van der Waals surface area contributed by atoms with Crippen molar-refractivity contribution in [3.05, 3.63) is 47.4 Å². The highest BCUT2D eigenvalue weighted by Gasteiger charge is 2.26. The van der Waals surface area contributed by atoms with Crippen molar-refractivity contribution in [2.24, 2.45) is 5.84 Å². The molecule has 1 fully saturated rings. The van der Waals surface area contributed by atoms with Gasteiger partial charge in [0.2, 0.25) is 0 Å². The number of nitrogens with one attached hydrogen (secondary N) is 1. The molecular weight excluding hydrogens is 268 g/mol. The first-order valence-electron chi connectivity index (χ1n) is 6.79. The second-order valence-corrected chi connectivity index (χ2v) is 6.08. The number of nitrogens with zero attached hydrogens (tertiary/aromatic N) is 2. The molecule has 2 aromatic rings. The summed E-state index contributed by atoms with van der Waals surface area (Å²) >= 11 is 1.77. The third-order valence-electron chi connectivity index (χ3n) is 3.39. The third kappa shape index (κ3) is 3.11. The van der Waals surface area contributed by atoms with E-state index in [0.717, 1.165) is 17.3 Å². The van der Waals surface area contributed by atoms with E-state index in [1.54, 1.807) is 11.8 Å². The Morgan fingerprint density at radius 3 is 2.80 bits per heavy atom. The van der Waals surface area contributed by atoms with Crippen LogP contribution in [0.25, 0.3) is 0 Å². The molecule has 0 unspecified atom stereocenters. The number of benzene rings is 1. The second kappa shape index (κ2) is 5.81. The maximum atomic E-state index is 5.49. The molecule has 0 atom stereocenters. The predicted octanol–water partition coefficient (Wildman–Crippen LogP) is 3.24. The number of thioether (sulfide) groups is 1. The lowest BCUT2D eigenvalue weighted by Gasteiger charge is -2.08. The summed E-state index contributed by atoms with van der Waals surface area (Å²) in [6.45, 7) is 2.12. The minimum Gasteiger partial charge on any atom is -0.308 e. The molecule has 1 aliphatic carbocycles. The van der Waals surface area contributed by atoms with Crippen molar-refractivity contribution >= 4 is 17.6 Å². The van der Waals surface area contributed by atoms with Crippen LogP contribution in [0.1, 0.15) is 35.8 Å². The van der Waals surface area contributed by atoms with Crippen molar-refractivity contribution in [1.29, 1.82) is 0 Å². The van der Waals surface area contributed by atoms with E-state index in [1.165, 1.54) is 23.3 Å². The zero-order valence-electron chi connectivity index (χ0n) is 11.5. The Balaban J connectivity index is 1.76. The van der Waals surface area contributed by atoms with Gasteiger partial charge in [-0.1, -0.05) is 18.2 Å². The molecule has 20 heavy (non-hydrogen) atoms. The van der Waals surface area contributed by atoms with Crippen molar-refractivity contribution in [2.45, 2.75) is 36.3 Å². The molecule has 0 aliphatic heterocycles. The van der Waals surface area contributed by atoms with Crippen LogP contribution in [0, 0.1) is 6.92 Å². The number of aromatic nitrogens is 2. The molecule has 0 radical (unpaired) electrons. The molecular formula is C15H18N4S. The maximum Gasteiger partial charge on any atom is 0.143 e. The van der Waals surface area contributed by atoms with Gasteiger partial charge in [-0.15, -0.1) is 11.8 Å². The number of hydrogen-bond donors (Lipinski definition) is 2. The van der Waals surface area contributed by atoms with E-state index in [-0.39, 0.29) is 0 Å². The molecule has 3 N–H and O–H groups in total. The first kappa shape index (κ1) is 13.4. The fourth-order valence-electron chi connectivity index (χ4n) is 2.11. The van der Waals surface area contributed by atoms with Gasteiger partial charge in [0, 0.05) is 22.6 Å². The van der Waals surface area contributed by atoms with Gasteiger partial charge in [-0.3, -0.25) is 0 Å². The van der Waals surface area contributed by atoms with Crippen molar-refractivity contribution in [2.75, 3.05) is 5.43 Å². The molecule has 4 nitrogen and oxygen atoms in total. The van der Waals surface area contributed by atoms with Crippen LogP contribution in [0.15, 0.2) is 35.2 Å². The number of rotatable bonds is 5. The summed E-state index contributed by atoms with van der Waals surface area (Å²) in [5.41, 5.74) is 5.04. The van der Waals surface area contributed by atoms with Crippen LogP contribution >= 0.6 is 11.8 Å². The molecule has 1 saturated carbocycles. The summed E-state index contributed by atoms with van der Waals surface area (Å²) in [5, 5.41) is 0. The number of aryl methyl sites for hydroxylation is 1. The van der Waals surface area contributed by atoms with Crippen molar-refractivity contribution in [3.63, 3.8) is 0 Å². The molecule has 0 spiro atoms. The van der Waals surface area contributed by atoms with E-state index in [4.69, 9.17) is 5.84 Å². The monoisotopic (exact) mass is 286 g/mol. The van der Waals surface area contributed by atoms with E-state index >= 15 is 0 Å². The van der Waals surface area contributed by atoms with Gasteiger partial charge in [-0.05, 0) is 31.4 Å². The molecule has 1 aromatic carbocycles. The van der Waals surface area contributed by atoms with Crippen molar-refractivity contribution in [3.8, 4) is 0 Å².